The number of aliphatic imine (C=N–C) groups is 1. The molecule has 34 heavy (non-hydrogen) atoms. The first-order chi connectivity index (χ1) is 16.5. The molecule has 0 saturated heterocycles. The molecule has 1 amide bonds. The zero-order valence-corrected chi connectivity index (χ0v) is 19.7. The summed E-state index contributed by atoms with van der Waals surface area (Å²) < 4.78 is 5.39. The first-order valence-electron chi connectivity index (χ1n) is 11.1. The minimum atomic E-state index is -0.516. The van der Waals surface area contributed by atoms with Gasteiger partial charge in [-0.15, -0.1) is 0 Å². The summed E-state index contributed by atoms with van der Waals surface area (Å²) in [6, 6.07) is 13.4. The van der Waals surface area contributed by atoms with E-state index in [1.807, 2.05) is 6.07 Å². The molecule has 1 saturated carbocycles. The summed E-state index contributed by atoms with van der Waals surface area (Å²) in [4.78, 5) is 29.2. The molecule has 2 aliphatic heterocycles. The second-order valence-electron chi connectivity index (χ2n) is 8.24. The van der Waals surface area contributed by atoms with Gasteiger partial charge in [0, 0.05) is 5.92 Å². The molecule has 5 rings (SSSR count). The van der Waals surface area contributed by atoms with Crippen LogP contribution in [0, 0.1) is 11.3 Å². The highest BCUT2D eigenvalue weighted by Gasteiger charge is 2.37. The second-order valence-corrected chi connectivity index (χ2v) is 9.63. The van der Waals surface area contributed by atoms with E-state index < -0.39 is 11.9 Å². The molecule has 2 aromatic carbocycles. The van der Waals surface area contributed by atoms with Crippen molar-refractivity contribution >= 4 is 57.4 Å². The summed E-state index contributed by atoms with van der Waals surface area (Å²) in [5, 5.41) is 16.2. The molecule has 3 aliphatic rings. The number of nitrogens with zero attached hydrogens (tertiary/aromatic N) is 3. The third-order valence-electron chi connectivity index (χ3n) is 5.90. The van der Waals surface area contributed by atoms with Crippen LogP contribution in [0.4, 0.5) is 0 Å². The van der Waals surface area contributed by atoms with Crippen molar-refractivity contribution in [1.29, 1.82) is 5.41 Å². The summed E-state index contributed by atoms with van der Waals surface area (Å²) in [6.07, 6.45) is 7.31. The van der Waals surface area contributed by atoms with E-state index in [4.69, 9.17) is 21.7 Å². The van der Waals surface area contributed by atoms with Gasteiger partial charge in [-0.1, -0.05) is 55.1 Å². The number of benzene rings is 2. The number of rotatable bonds is 4. The van der Waals surface area contributed by atoms with E-state index in [1.165, 1.54) is 36.0 Å². The minimum absolute atomic E-state index is 0.0102. The van der Waals surface area contributed by atoms with Crippen molar-refractivity contribution in [1.82, 2.24) is 5.01 Å². The van der Waals surface area contributed by atoms with E-state index in [1.54, 1.807) is 48.5 Å². The SMILES string of the molecule is N=C1/C(=C\c2ccc(OC(=O)c3ccccc3)c(Cl)c2)C(=O)N=C2SC(C3CCCCC3)=NN12. The molecule has 0 atom stereocenters. The lowest BCUT2D eigenvalue weighted by molar-refractivity contribution is -0.114. The number of ether oxygens (including phenoxy) is 1. The molecular formula is C25H21ClN4O3S. The average Bonchev–Trinajstić information content (AvgIpc) is 3.28. The molecule has 1 aliphatic carbocycles. The predicted octanol–water partition coefficient (Wildman–Crippen LogP) is 5.76. The summed E-state index contributed by atoms with van der Waals surface area (Å²) in [5.74, 6) is -0.436. The largest absolute Gasteiger partial charge is 0.421 e. The molecule has 1 fully saturated rings. The number of esters is 1. The molecule has 1 N–H and O–H groups in total. The Hall–Kier alpha value is -3.23. The van der Waals surface area contributed by atoms with Crippen molar-refractivity contribution in [3.63, 3.8) is 0 Å². The smallest absolute Gasteiger partial charge is 0.343 e. The van der Waals surface area contributed by atoms with Crippen molar-refractivity contribution in [2.24, 2.45) is 16.0 Å². The van der Waals surface area contributed by atoms with Crippen LogP contribution in [0.5, 0.6) is 5.75 Å². The van der Waals surface area contributed by atoms with Crippen molar-refractivity contribution in [2.75, 3.05) is 0 Å². The van der Waals surface area contributed by atoms with E-state index >= 15 is 0 Å². The van der Waals surface area contributed by atoms with Crippen LogP contribution in [0.25, 0.3) is 6.08 Å². The van der Waals surface area contributed by atoms with Crippen LogP contribution in [0.1, 0.15) is 48.0 Å². The van der Waals surface area contributed by atoms with Gasteiger partial charge in [-0.2, -0.15) is 15.1 Å². The molecule has 7 nitrogen and oxygen atoms in total. The Labute approximate surface area is 206 Å². The van der Waals surface area contributed by atoms with Crippen molar-refractivity contribution < 1.29 is 14.3 Å². The van der Waals surface area contributed by atoms with E-state index in [-0.39, 0.29) is 22.2 Å². The molecule has 172 valence electrons. The van der Waals surface area contributed by atoms with Crippen LogP contribution in [0.15, 0.2) is 64.2 Å². The summed E-state index contributed by atoms with van der Waals surface area (Å²) >= 11 is 7.73. The van der Waals surface area contributed by atoms with Gasteiger partial charge in [0.25, 0.3) is 5.91 Å². The normalized spacial score (nSPS) is 19.7. The standard InChI is InChI=1S/C25H21ClN4O3S/c26-19-14-15(11-12-20(19)33-24(32)17-9-5-2-6-10-17)13-18-21(27)30-25(28-22(18)31)34-23(29-30)16-7-3-1-4-8-16/h2,5-6,9-14,16,27H,1,3-4,7-8H2/b18-13+,27-21?. The Morgan fingerprint density at radius 2 is 1.91 bits per heavy atom. The highest BCUT2D eigenvalue weighted by Crippen LogP contribution is 2.36. The number of hydrogen-bond acceptors (Lipinski definition) is 6. The number of halogens is 1. The molecule has 2 aromatic rings. The summed E-state index contributed by atoms with van der Waals surface area (Å²) in [6.45, 7) is 0. The molecule has 2 heterocycles. The third-order valence-corrected chi connectivity index (χ3v) is 7.27. The number of hydrazone groups is 1. The zero-order chi connectivity index (χ0) is 23.7. The maximum atomic E-state index is 12.7. The van der Waals surface area contributed by atoms with Crippen LogP contribution in [0.3, 0.4) is 0 Å². The van der Waals surface area contributed by atoms with Crippen LogP contribution >= 0.6 is 23.4 Å². The third kappa shape index (κ3) is 4.56. The number of thioether (sulfide) groups is 1. The first-order valence-corrected chi connectivity index (χ1v) is 12.3. The number of amides is 1. The Balaban J connectivity index is 1.35. The topological polar surface area (TPSA) is 95.2 Å². The first kappa shape index (κ1) is 22.6. The number of hydrogen-bond donors (Lipinski definition) is 1. The fourth-order valence-corrected chi connectivity index (χ4v) is 5.40. The average molecular weight is 493 g/mol. The summed E-state index contributed by atoms with van der Waals surface area (Å²) in [5.41, 5.74) is 1.12. The van der Waals surface area contributed by atoms with Crippen LogP contribution in [-0.4, -0.2) is 32.9 Å². The fraction of sp³-hybridized carbons (Fsp3) is 0.240. The molecular weight excluding hydrogens is 472 g/mol. The van der Waals surface area contributed by atoms with Crippen LogP contribution in [0.2, 0.25) is 5.02 Å². The van der Waals surface area contributed by atoms with Crippen molar-refractivity contribution in [3.8, 4) is 5.75 Å². The Bertz CT molecular complexity index is 1270. The van der Waals surface area contributed by atoms with Crippen molar-refractivity contribution in [2.45, 2.75) is 32.1 Å². The lowest BCUT2D eigenvalue weighted by atomic mass is 9.90. The molecule has 0 aromatic heterocycles. The highest BCUT2D eigenvalue weighted by molar-refractivity contribution is 8.27. The number of amidine groups is 2. The molecule has 0 spiro atoms. The lowest BCUT2D eigenvalue weighted by Crippen LogP contribution is -2.35. The van der Waals surface area contributed by atoms with Gasteiger partial charge < -0.3 is 4.74 Å². The quantitative estimate of drug-likeness (QED) is 0.332. The lowest BCUT2D eigenvalue weighted by Gasteiger charge is -2.20. The number of nitrogens with one attached hydrogen (secondary N) is 1. The highest BCUT2D eigenvalue weighted by atomic mass is 35.5. The predicted molar refractivity (Wildman–Crippen MR) is 134 cm³/mol. The van der Waals surface area contributed by atoms with Gasteiger partial charge in [-0.25, -0.2) is 4.79 Å². The zero-order valence-electron chi connectivity index (χ0n) is 18.2. The maximum absolute atomic E-state index is 12.7. The van der Waals surface area contributed by atoms with Gasteiger partial charge in [0.05, 0.1) is 16.2 Å². The van der Waals surface area contributed by atoms with Gasteiger partial charge in [0.2, 0.25) is 5.17 Å². The van der Waals surface area contributed by atoms with Gasteiger partial charge >= 0.3 is 5.97 Å². The molecule has 0 radical (unpaired) electrons. The Morgan fingerprint density at radius 1 is 1.15 bits per heavy atom. The Morgan fingerprint density at radius 3 is 2.65 bits per heavy atom. The van der Waals surface area contributed by atoms with Crippen LogP contribution < -0.4 is 4.74 Å². The van der Waals surface area contributed by atoms with Gasteiger partial charge in [-0.05, 0) is 60.5 Å². The minimum Gasteiger partial charge on any atom is -0.421 e. The molecule has 9 heteroatoms. The number of fused-ring (bicyclic) bond motifs is 1. The van der Waals surface area contributed by atoms with E-state index in [0.29, 0.717) is 22.2 Å². The van der Waals surface area contributed by atoms with E-state index in [9.17, 15) is 9.59 Å². The number of carbonyl (C=O) groups is 2. The monoisotopic (exact) mass is 492 g/mol. The maximum Gasteiger partial charge on any atom is 0.343 e. The second kappa shape index (κ2) is 9.56. The number of carbonyl (C=O) groups excluding carboxylic acids is 2. The van der Waals surface area contributed by atoms with E-state index in [0.717, 1.165) is 17.9 Å². The van der Waals surface area contributed by atoms with Gasteiger partial charge in [-0.3, -0.25) is 10.2 Å². The van der Waals surface area contributed by atoms with Crippen LogP contribution in [-0.2, 0) is 4.79 Å². The van der Waals surface area contributed by atoms with Gasteiger partial charge in [0.15, 0.2) is 5.84 Å². The Kier molecular flexibility index (Phi) is 6.34. The van der Waals surface area contributed by atoms with E-state index in [2.05, 4.69) is 10.1 Å². The molecule has 0 bridgehead atoms. The van der Waals surface area contributed by atoms with Gasteiger partial charge in [0.1, 0.15) is 10.8 Å². The summed E-state index contributed by atoms with van der Waals surface area (Å²) in [7, 11) is 0. The fourth-order valence-electron chi connectivity index (χ4n) is 4.11. The van der Waals surface area contributed by atoms with Crippen molar-refractivity contribution in [3.05, 3.63) is 70.3 Å². The molecule has 0 unspecified atom stereocenters.